The molecule has 0 saturated heterocycles. The zero-order valence-electron chi connectivity index (χ0n) is 37.7. The van der Waals surface area contributed by atoms with Gasteiger partial charge >= 0.3 is 11.9 Å². The van der Waals surface area contributed by atoms with E-state index in [-0.39, 0.29) is 42.7 Å². The van der Waals surface area contributed by atoms with Gasteiger partial charge in [-0.3, -0.25) is 9.59 Å². The van der Waals surface area contributed by atoms with Gasteiger partial charge in [0.05, 0.1) is 40.3 Å². The normalized spacial score (nSPS) is 13.6. The lowest BCUT2D eigenvalue weighted by Crippen LogP contribution is -2.55. The Bertz CT molecular complexity index is 1180. The Kier molecular flexibility index (Phi) is 38.3. The lowest BCUT2D eigenvalue weighted by molar-refractivity contribution is -0.889. The maximum Gasteiger partial charge on any atom is 0.306 e. The molecule has 0 spiro atoms. The van der Waals surface area contributed by atoms with Gasteiger partial charge in [-0.05, 0) is 64.2 Å². The van der Waals surface area contributed by atoms with E-state index >= 15 is 0 Å². The zero-order valence-corrected chi connectivity index (χ0v) is 37.7. The van der Waals surface area contributed by atoms with Gasteiger partial charge in [0.2, 0.25) is 0 Å². The molecule has 2 unspecified atom stereocenters. The van der Waals surface area contributed by atoms with E-state index in [9.17, 15) is 19.5 Å². The number of nitrogens with zero attached hydrogens (tertiary/aromatic N) is 1. The maximum absolute atomic E-state index is 12.7. The lowest BCUT2D eigenvalue weighted by atomic mass is 10.0. The molecule has 0 aliphatic carbocycles. The first-order valence-corrected chi connectivity index (χ1v) is 23.0. The smallest absolute Gasteiger partial charge is 0.306 e. The second-order valence-corrected chi connectivity index (χ2v) is 16.3. The van der Waals surface area contributed by atoms with E-state index < -0.39 is 18.1 Å². The van der Waals surface area contributed by atoms with Gasteiger partial charge in [-0.15, -0.1) is 0 Å². The number of hydrogen-bond acceptors (Lipinski definition) is 7. The number of unbranched alkanes of at least 4 members (excludes halogenated alkanes) is 14. The number of ether oxygens (including phenoxy) is 3. The molecular weight excluding hydrogens is 727 g/mol. The van der Waals surface area contributed by atoms with Crippen LogP contribution in [0.4, 0.5) is 0 Å². The van der Waals surface area contributed by atoms with Crippen LogP contribution in [0.5, 0.6) is 0 Å². The molecule has 0 bridgehead atoms. The van der Waals surface area contributed by atoms with E-state index in [4.69, 9.17) is 14.2 Å². The fraction of sp³-hybridized carbons (Fsp3) is 0.700. The van der Waals surface area contributed by atoms with Crippen molar-refractivity contribution in [3.63, 3.8) is 0 Å². The van der Waals surface area contributed by atoms with Crippen molar-refractivity contribution in [2.75, 3.05) is 41.0 Å². The molecule has 0 aliphatic heterocycles. The Morgan fingerprint density at radius 1 is 0.534 bits per heavy atom. The van der Waals surface area contributed by atoms with Crippen molar-refractivity contribution in [1.29, 1.82) is 0 Å². The van der Waals surface area contributed by atoms with Crippen LogP contribution in [0.1, 0.15) is 174 Å². The number of carbonyl (C=O) groups is 3. The van der Waals surface area contributed by atoms with Crippen LogP contribution >= 0.6 is 0 Å². The average Bonchev–Trinajstić information content (AvgIpc) is 3.18. The van der Waals surface area contributed by atoms with Crippen LogP contribution in [0, 0.1) is 0 Å². The molecule has 0 saturated carbocycles. The summed E-state index contributed by atoms with van der Waals surface area (Å²) < 4.78 is 17.1. The molecule has 0 amide bonds. The first kappa shape index (κ1) is 54.8. The molecule has 0 rings (SSSR count). The summed E-state index contributed by atoms with van der Waals surface area (Å²) in [6.07, 6.45) is 50.7. The summed E-state index contributed by atoms with van der Waals surface area (Å²) in [5.74, 6) is -1.79. The molecule has 0 aromatic carbocycles. The Morgan fingerprint density at radius 3 is 1.43 bits per heavy atom. The molecule has 8 heteroatoms. The molecule has 2 atom stereocenters. The fourth-order valence-electron chi connectivity index (χ4n) is 6.31. The fourth-order valence-corrected chi connectivity index (χ4v) is 6.31. The van der Waals surface area contributed by atoms with Crippen molar-refractivity contribution < 1.29 is 38.2 Å². The van der Waals surface area contributed by atoms with Crippen LogP contribution in [0.25, 0.3) is 0 Å². The van der Waals surface area contributed by atoms with E-state index in [2.05, 4.69) is 86.8 Å². The molecule has 8 nitrogen and oxygen atoms in total. The van der Waals surface area contributed by atoms with Crippen LogP contribution in [0.15, 0.2) is 72.9 Å². The monoisotopic (exact) mass is 812 g/mol. The molecule has 58 heavy (non-hydrogen) atoms. The molecule has 0 N–H and O–H groups in total. The number of carbonyl (C=O) groups excluding carboxylic acids is 3. The van der Waals surface area contributed by atoms with Crippen molar-refractivity contribution in [1.82, 2.24) is 0 Å². The summed E-state index contributed by atoms with van der Waals surface area (Å²) in [7, 11) is 5.39. The number of hydrogen-bond donors (Lipinski definition) is 0. The third-order valence-corrected chi connectivity index (χ3v) is 9.86. The summed E-state index contributed by atoms with van der Waals surface area (Å²) in [5, 5.41) is 11.6. The summed E-state index contributed by atoms with van der Waals surface area (Å²) in [6, 6.07) is -0.734. The SMILES string of the molecule is CC/C=C/C/C=C/C/C=C/C/C=C/C/C=C/C/C=C/CCCCC(=O)OCC(COCCC(C(=O)[O-])[N+](C)(C)C)OC(=O)CCCCCCCCCCCCCCC. The predicted molar refractivity (Wildman–Crippen MR) is 240 cm³/mol. The Balaban J connectivity index is 4.39. The van der Waals surface area contributed by atoms with Gasteiger partial charge in [0.1, 0.15) is 12.6 Å². The van der Waals surface area contributed by atoms with Crippen LogP contribution in [0.3, 0.4) is 0 Å². The number of carboxylic acids is 1. The van der Waals surface area contributed by atoms with Gasteiger partial charge in [0.25, 0.3) is 0 Å². The van der Waals surface area contributed by atoms with E-state index in [0.29, 0.717) is 19.3 Å². The Morgan fingerprint density at radius 2 is 0.966 bits per heavy atom. The van der Waals surface area contributed by atoms with Crippen molar-refractivity contribution in [3.05, 3.63) is 72.9 Å². The van der Waals surface area contributed by atoms with Crippen LogP contribution in [0.2, 0.25) is 0 Å². The van der Waals surface area contributed by atoms with Crippen LogP contribution < -0.4 is 5.11 Å². The van der Waals surface area contributed by atoms with Gasteiger partial charge in [-0.2, -0.15) is 0 Å². The lowest BCUT2D eigenvalue weighted by Gasteiger charge is -2.34. The number of esters is 2. The molecular formula is C50H85NO7. The molecule has 332 valence electrons. The predicted octanol–water partition coefficient (Wildman–Crippen LogP) is 11.4. The van der Waals surface area contributed by atoms with E-state index in [1.165, 1.54) is 64.2 Å². The standard InChI is InChI=1S/C50H85NO7/c1-6-8-10-12-14-16-18-20-21-22-23-24-25-26-27-29-30-32-34-36-38-40-48(52)57-45-46(44-56-43-42-47(50(54)55)51(3,4)5)58-49(53)41-39-37-35-33-31-28-19-17-15-13-11-9-7-2/h8,10,14,16,20-21,23-24,26-27,30,32,46-47H,6-7,9,11-13,15,17-19,22,25,28-29,31,33-45H2,1-5H3/b10-8+,16-14+,21-20+,24-23+,27-26+,32-30+. The van der Waals surface area contributed by atoms with Gasteiger partial charge in [-0.1, -0.05) is 164 Å². The highest BCUT2D eigenvalue weighted by Crippen LogP contribution is 2.14. The first-order chi connectivity index (χ1) is 28.1. The zero-order chi connectivity index (χ0) is 42.8. The molecule has 0 aromatic rings. The minimum atomic E-state index is -1.13. The first-order valence-electron chi connectivity index (χ1n) is 23.0. The molecule has 0 aliphatic rings. The number of aliphatic carboxylic acids is 1. The van der Waals surface area contributed by atoms with E-state index in [1.807, 2.05) is 0 Å². The molecule has 0 heterocycles. The Labute approximate surface area is 355 Å². The second kappa shape index (κ2) is 40.5. The summed E-state index contributed by atoms with van der Waals surface area (Å²) >= 11 is 0. The highest BCUT2D eigenvalue weighted by Gasteiger charge is 2.25. The van der Waals surface area contributed by atoms with E-state index in [1.54, 1.807) is 21.1 Å². The van der Waals surface area contributed by atoms with Crippen molar-refractivity contribution in [2.24, 2.45) is 0 Å². The van der Waals surface area contributed by atoms with Gasteiger partial charge in [-0.25, -0.2) is 0 Å². The van der Waals surface area contributed by atoms with Crippen molar-refractivity contribution in [3.8, 4) is 0 Å². The number of allylic oxidation sites excluding steroid dienone is 12. The van der Waals surface area contributed by atoms with Gasteiger partial charge < -0.3 is 28.6 Å². The minimum Gasteiger partial charge on any atom is -0.544 e. The summed E-state index contributed by atoms with van der Waals surface area (Å²) in [5.41, 5.74) is 0. The van der Waals surface area contributed by atoms with Gasteiger partial charge in [0.15, 0.2) is 6.10 Å². The van der Waals surface area contributed by atoms with Crippen LogP contribution in [-0.4, -0.2) is 75.5 Å². The molecule has 0 fully saturated rings. The van der Waals surface area contributed by atoms with Crippen molar-refractivity contribution >= 4 is 17.9 Å². The number of rotatable bonds is 40. The van der Waals surface area contributed by atoms with Crippen LogP contribution in [-0.2, 0) is 28.6 Å². The topological polar surface area (TPSA) is 102 Å². The minimum absolute atomic E-state index is 0.0250. The van der Waals surface area contributed by atoms with Gasteiger partial charge in [0, 0.05) is 19.3 Å². The summed E-state index contributed by atoms with van der Waals surface area (Å²) in [6.45, 7) is 4.49. The number of likely N-dealkylation sites (N-methyl/N-ethyl adjacent to an activating group) is 1. The second-order valence-electron chi connectivity index (χ2n) is 16.3. The third-order valence-electron chi connectivity index (χ3n) is 9.86. The average molecular weight is 812 g/mol. The number of quaternary nitrogens is 1. The summed E-state index contributed by atoms with van der Waals surface area (Å²) in [4.78, 5) is 36.9. The highest BCUT2D eigenvalue weighted by atomic mass is 16.6. The number of carboxylic acid groups (broad SMARTS) is 1. The Hall–Kier alpha value is -3.23. The quantitative estimate of drug-likeness (QED) is 0.0263. The highest BCUT2D eigenvalue weighted by molar-refractivity contribution is 5.70. The largest absolute Gasteiger partial charge is 0.544 e. The van der Waals surface area contributed by atoms with E-state index in [0.717, 1.165) is 70.6 Å². The maximum atomic E-state index is 12.7. The molecule has 0 aromatic heterocycles. The van der Waals surface area contributed by atoms with Crippen molar-refractivity contribution in [2.45, 2.75) is 187 Å². The third kappa shape index (κ3) is 38.3. The molecule has 0 radical (unpaired) electrons.